The van der Waals surface area contributed by atoms with E-state index in [0.29, 0.717) is 10.9 Å². The van der Waals surface area contributed by atoms with Crippen molar-refractivity contribution < 1.29 is 8.42 Å². The molecule has 0 aliphatic carbocycles. The molecule has 0 spiro atoms. The lowest BCUT2D eigenvalue weighted by Crippen LogP contribution is -2.40. The molecule has 1 unspecified atom stereocenters. The van der Waals surface area contributed by atoms with Crippen LogP contribution >= 0.6 is 22.9 Å². The summed E-state index contributed by atoms with van der Waals surface area (Å²) in [4.78, 5) is 0. The van der Waals surface area contributed by atoms with Crippen LogP contribution in [0, 0.1) is 0 Å². The fourth-order valence-corrected chi connectivity index (χ4v) is 4.81. The van der Waals surface area contributed by atoms with Crippen LogP contribution in [0.4, 0.5) is 0 Å². The first-order chi connectivity index (χ1) is 7.01. The minimum atomic E-state index is -3.42. The van der Waals surface area contributed by atoms with Crippen molar-refractivity contribution in [1.29, 1.82) is 0 Å². The Kier molecular flexibility index (Phi) is 3.05. The molecule has 2 N–H and O–H groups in total. The molecule has 0 saturated carbocycles. The lowest BCUT2D eigenvalue weighted by molar-refractivity contribution is 0.397. The van der Waals surface area contributed by atoms with Gasteiger partial charge < -0.3 is 5.73 Å². The van der Waals surface area contributed by atoms with E-state index in [1.807, 2.05) is 0 Å². The van der Waals surface area contributed by atoms with Crippen LogP contribution in [0.25, 0.3) is 0 Å². The summed E-state index contributed by atoms with van der Waals surface area (Å²) >= 11 is 6.78. The Morgan fingerprint density at radius 2 is 2.27 bits per heavy atom. The third-order valence-corrected chi connectivity index (χ3v) is 5.98. The van der Waals surface area contributed by atoms with E-state index < -0.39 is 16.2 Å². The van der Waals surface area contributed by atoms with E-state index in [1.54, 1.807) is 6.07 Å². The van der Waals surface area contributed by atoms with Gasteiger partial charge in [0.05, 0.1) is 10.5 Å². The van der Waals surface area contributed by atoms with Crippen LogP contribution in [0.1, 0.15) is 12.8 Å². The van der Waals surface area contributed by atoms with Gasteiger partial charge in [0.15, 0.2) is 0 Å². The van der Waals surface area contributed by atoms with Gasteiger partial charge in [-0.2, -0.15) is 4.31 Å². The molecule has 0 aromatic carbocycles. The monoisotopic (exact) mass is 266 g/mol. The maximum Gasteiger partial charge on any atom is 0.253 e. The van der Waals surface area contributed by atoms with Gasteiger partial charge in [0.2, 0.25) is 0 Å². The first-order valence-corrected chi connectivity index (χ1v) is 7.18. The van der Waals surface area contributed by atoms with Crippen LogP contribution in [-0.4, -0.2) is 25.4 Å². The molecule has 0 radical (unpaired) electrons. The van der Waals surface area contributed by atoms with Crippen molar-refractivity contribution in [3.05, 3.63) is 16.5 Å². The lowest BCUT2D eigenvalue weighted by atomic mass is 10.3. The summed E-state index contributed by atoms with van der Waals surface area (Å²) in [6, 6.07) is 3.11. The number of nitrogens with two attached hydrogens (primary N) is 1. The minimum Gasteiger partial charge on any atom is -0.315 e. The Bertz CT molecular complexity index is 457. The smallest absolute Gasteiger partial charge is 0.253 e. The quantitative estimate of drug-likeness (QED) is 0.882. The second kappa shape index (κ2) is 4.03. The average molecular weight is 267 g/mol. The molecule has 1 saturated heterocycles. The number of hydrogen-bond acceptors (Lipinski definition) is 4. The normalized spacial score (nSPS) is 23.5. The van der Waals surface area contributed by atoms with E-state index in [0.717, 1.165) is 24.2 Å². The van der Waals surface area contributed by atoms with E-state index in [9.17, 15) is 8.42 Å². The van der Waals surface area contributed by atoms with Crippen LogP contribution in [0.3, 0.4) is 0 Å². The van der Waals surface area contributed by atoms with Crippen molar-refractivity contribution in [3.63, 3.8) is 0 Å². The first-order valence-electron chi connectivity index (χ1n) is 4.54. The molecule has 15 heavy (non-hydrogen) atoms. The number of rotatable bonds is 2. The third-order valence-electron chi connectivity index (χ3n) is 2.36. The van der Waals surface area contributed by atoms with Crippen LogP contribution < -0.4 is 5.73 Å². The second-order valence-electron chi connectivity index (χ2n) is 3.38. The molecule has 1 aromatic heterocycles. The van der Waals surface area contributed by atoms with E-state index >= 15 is 0 Å². The highest BCUT2D eigenvalue weighted by Gasteiger charge is 2.33. The highest BCUT2D eigenvalue weighted by molar-refractivity contribution is 7.91. The molecule has 1 aliphatic rings. The Hall–Kier alpha value is -0.140. The molecule has 1 atom stereocenters. The van der Waals surface area contributed by atoms with Gasteiger partial charge in [-0.3, -0.25) is 0 Å². The van der Waals surface area contributed by atoms with Gasteiger partial charge in [0.25, 0.3) is 10.0 Å². The zero-order valence-corrected chi connectivity index (χ0v) is 10.3. The third kappa shape index (κ3) is 2.05. The zero-order chi connectivity index (χ0) is 11.1. The largest absolute Gasteiger partial charge is 0.315 e. The molecule has 2 heterocycles. The van der Waals surface area contributed by atoms with E-state index in [4.69, 9.17) is 17.3 Å². The lowest BCUT2D eigenvalue weighted by Gasteiger charge is -2.19. The molecular weight excluding hydrogens is 256 g/mol. The highest BCUT2D eigenvalue weighted by atomic mass is 35.5. The molecule has 4 nitrogen and oxygen atoms in total. The predicted molar refractivity (Wildman–Crippen MR) is 60.4 cm³/mol. The summed E-state index contributed by atoms with van der Waals surface area (Å²) < 4.78 is 26.2. The maximum absolute atomic E-state index is 12.1. The van der Waals surface area contributed by atoms with Crippen molar-refractivity contribution in [2.75, 3.05) is 6.54 Å². The molecule has 0 amide bonds. The van der Waals surface area contributed by atoms with Gasteiger partial charge in [-0.15, -0.1) is 11.3 Å². The topological polar surface area (TPSA) is 63.4 Å². The van der Waals surface area contributed by atoms with Gasteiger partial charge in [0, 0.05) is 6.54 Å². The fraction of sp³-hybridized carbons (Fsp3) is 0.500. The van der Waals surface area contributed by atoms with E-state index in [1.165, 1.54) is 10.4 Å². The van der Waals surface area contributed by atoms with Gasteiger partial charge >= 0.3 is 0 Å². The average Bonchev–Trinajstić information content (AvgIpc) is 2.74. The second-order valence-corrected chi connectivity index (χ2v) is 7.22. The Morgan fingerprint density at radius 3 is 2.73 bits per heavy atom. The number of halogens is 1. The molecule has 1 fully saturated rings. The van der Waals surface area contributed by atoms with Crippen molar-refractivity contribution in [2.24, 2.45) is 5.73 Å². The van der Waals surface area contributed by atoms with Crippen molar-refractivity contribution >= 4 is 33.0 Å². The van der Waals surface area contributed by atoms with Crippen LogP contribution in [-0.2, 0) is 10.0 Å². The van der Waals surface area contributed by atoms with Gasteiger partial charge in [-0.05, 0) is 25.0 Å². The minimum absolute atomic E-state index is 0.268. The van der Waals surface area contributed by atoms with Crippen molar-refractivity contribution in [3.8, 4) is 0 Å². The molecule has 84 valence electrons. The summed E-state index contributed by atoms with van der Waals surface area (Å²) in [7, 11) is -3.42. The summed E-state index contributed by atoms with van der Waals surface area (Å²) in [5, 5.41) is 0. The SMILES string of the molecule is NC1CCCN1S(=O)(=O)c1ccc(Cl)s1. The molecule has 1 aliphatic heterocycles. The molecule has 1 aromatic rings. The Labute approximate surface area is 97.7 Å². The summed E-state index contributed by atoms with van der Waals surface area (Å²) in [6.07, 6.45) is 1.15. The predicted octanol–water partition coefficient (Wildman–Crippen LogP) is 1.47. The Morgan fingerprint density at radius 1 is 1.53 bits per heavy atom. The maximum atomic E-state index is 12.1. The molecule has 2 rings (SSSR count). The molecular formula is C8H11ClN2O2S2. The van der Waals surface area contributed by atoms with Crippen LogP contribution in [0.2, 0.25) is 4.34 Å². The number of thiophene rings is 1. The highest BCUT2D eigenvalue weighted by Crippen LogP contribution is 2.30. The van der Waals surface area contributed by atoms with Crippen molar-refractivity contribution in [1.82, 2.24) is 4.31 Å². The standard InChI is InChI=1S/C8H11ClN2O2S2/c9-6-3-4-8(14-6)15(12,13)11-5-1-2-7(11)10/h3-4,7H,1-2,5,10H2. The molecule has 7 heteroatoms. The van der Waals surface area contributed by atoms with Gasteiger partial charge in [-0.25, -0.2) is 8.42 Å². The van der Waals surface area contributed by atoms with E-state index in [2.05, 4.69) is 0 Å². The van der Waals surface area contributed by atoms with Crippen LogP contribution in [0.15, 0.2) is 16.3 Å². The summed E-state index contributed by atoms with van der Waals surface area (Å²) in [6.45, 7) is 0.499. The van der Waals surface area contributed by atoms with Crippen molar-refractivity contribution in [2.45, 2.75) is 23.2 Å². The Balaban J connectivity index is 2.34. The number of sulfonamides is 1. The zero-order valence-electron chi connectivity index (χ0n) is 7.89. The summed E-state index contributed by atoms with van der Waals surface area (Å²) in [5.74, 6) is 0. The number of hydrogen-bond donors (Lipinski definition) is 1. The van der Waals surface area contributed by atoms with Gasteiger partial charge in [0.1, 0.15) is 4.21 Å². The van der Waals surface area contributed by atoms with Gasteiger partial charge in [-0.1, -0.05) is 11.6 Å². The summed E-state index contributed by atoms with van der Waals surface area (Å²) in [5.41, 5.74) is 5.73. The number of nitrogens with zero attached hydrogens (tertiary/aromatic N) is 1. The fourth-order valence-electron chi connectivity index (χ4n) is 1.62. The van der Waals surface area contributed by atoms with E-state index in [-0.39, 0.29) is 4.21 Å². The molecule has 0 bridgehead atoms. The first kappa shape index (κ1) is 11.3. The van der Waals surface area contributed by atoms with Crippen LogP contribution in [0.5, 0.6) is 0 Å².